The Bertz CT molecular complexity index is 971. The predicted octanol–water partition coefficient (Wildman–Crippen LogP) is 4.00. The lowest BCUT2D eigenvalue weighted by molar-refractivity contribution is -0.134. The Hall–Kier alpha value is -3.00. The molecule has 0 bridgehead atoms. The molecule has 4 rings (SSSR count). The maximum Gasteiger partial charge on any atom is 0.231 e. The fraction of sp³-hybridized carbons (Fsp3) is 0.364. The Morgan fingerprint density at radius 3 is 2.90 bits per heavy atom. The molecule has 3 aromatic rings. The van der Waals surface area contributed by atoms with E-state index in [0.717, 1.165) is 24.2 Å². The SMILES string of the molecule is O=C(Nc1nccs1)C1CCCN(C(=O)CCCc2ncc(-c3ccccc3)o2)C1. The highest BCUT2D eigenvalue weighted by molar-refractivity contribution is 7.13. The third-order valence-electron chi connectivity index (χ3n) is 5.20. The van der Waals surface area contributed by atoms with Gasteiger partial charge in [-0.15, -0.1) is 11.3 Å². The molecule has 0 aliphatic carbocycles. The normalized spacial score (nSPS) is 16.4. The summed E-state index contributed by atoms with van der Waals surface area (Å²) < 4.78 is 5.80. The lowest BCUT2D eigenvalue weighted by Gasteiger charge is -2.32. The number of anilines is 1. The molecule has 0 spiro atoms. The first-order valence-electron chi connectivity index (χ1n) is 10.2. The Morgan fingerprint density at radius 2 is 2.10 bits per heavy atom. The van der Waals surface area contributed by atoms with Crippen molar-refractivity contribution in [3.63, 3.8) is 0 Å². The second-order valence-electron chi connectivity index (χ2n) is 7.34. The number of hydrogen-bond acceptors (Lipinski definition) is 6. The van der Waals surface area contributed by atoms with E-state index in [-0.39, 0.29) is 17.7 Å². The third-order valence-corrected chi connectivity index (χ3v) is 5.89. The largest absolute Gasteiger partial charge is 0.441 e. The highest BCUT2D eigenvalue weighted by atomic mass is 32.1. The van der Waals surface area contributed by atoms with Crippen molar-refractivity contribution >= 4 is 28.3 Å². The molecule has 0 radical (unpaired) electrons. The van der Waals surface area contributed by atoms with Gasteiger partial charge in [-0.3, -0.25) is 9.59 Å². The van der Waals surface area contributed by atoms with Gasteiger partial charge in [0.15, 0.2) is 16.8 Å². The van der Waals surface area contributed by atoms with E-state index in [9.17, 15) is 9.59 Å². The van der Waals surface area contributed by atoms with E-state index >= 15 is 0 Å². The van der Waals surface area contributed by atoms with Crippen LogP contribution in [0.2, 0.25) is 0 Å². The Kier molecular flexibility index (Phi) is 6.53. The van der Waals surface area contributed by atoms with Crippen LogP contribution in [0.4, 0.5) is 5.13 Å². The first kappa shape index (κ1) is 20.3. The molecule has 1 unspecified atom stereocenters. The number of aryl methyl sites for hydroxylation is 1. The highest BCUT2D eigenvalue weighted by Gasteiger charge is 2.28. The van der Waals surface area contributed by atoms with E-state index in [1.54, 1.807) is 17.3 Å². The minimum absolute atomic E-state index is 0.0596. The van der Waals surface area contributed by atoms with Crippen molar-refractivity contribution in [2.24, 2.45) is 5.92 Å². The molecular formula is C22H24N4O3S. The number of nitrogens with zero attached hydrogens (tertiary/aromatic N) is 3. The fourth-order valence-electron chi connectivity index (χ4n) is 3.62. The van der Waals surface area contributed by atoms with Gasteiger partial charge in [0.1, 0.15) is 0 Å². The minimum atomic E-state index is -0.188. The summed E-state index contributed by atoms with van der Waals surface area (Å²) in [6.07, 6.45) is 6.71. The molecule has 0 saturated carbocycles. The van der Waals surface area contributed by atoms with Gasteiger partial charge in [-0.2, -0.15) is 0 Å². The van der Waals surface area contributed by atoms with Gasteiger partial charge in [0.05, 0.1) is 12.1 Å². The van der Waals surface area contributed by atoms with Crippen molar-refractivity contribution in [2.75, 3.05) is 18.4 Å². The smallest absolute Gasteiger partial charge is 0.231 e. The zero-order valence-corrected chi connectivity index (χ0v) is 17.4. The number of oxazole rings is 1. The molecule has 156 valence electrons. The molecule has 2 aromatic heterocycles. The number of thiazole rings is 1. The van der Waals surface area contributed by atoms with E-state index in [1.165, 1.54) is 11.3 Å². The first-order valence-corrected chi connectivity index (χ1v) is 11.1. The summed E-state index contributed by atoms with van der Waals surface area (Å²) in [6.45, 7) is 1.17. The third kappa shape index (κ3) is 5.13. The second-order valence-corrected chi connectivity index (χ2v) is 8.24. The predicted molar refractivity (Wildman–Crippen MR) is 115 cm³/mol. The van der Waals surface area contributed by atoms with Gasteiger partial charge >= 0.3 is 0 Å². The number of carbonyl (C=O) groups excluding carboxylic acids is 2. The van der Waals surface area contributed by atoms with Crippen molar-refractivity contribution in [3.05, 3.63) is 54.0 Å². The molecule has 1 aliphatic rings. The van der Waals surface area contributed by atoms with Crippen molar-refractivity contribution in [2.45, 2.75) is 32.1 Å². The van der Waals surface area contributed by atoms with Crippen LogP contribution in [0.5, 0.6) is 0 Å². The van der Waals surface area contributed by atoms with Gasteiger partial charge in [-0.25, -0.2) is 9.97 Å². The maximum absolute atomic E-state index is 12.6. The zero-order valence-electron chi connectivity index (χ0n) is 16.6. The number of carbonyl (C=O) groups is 2. The van der Waals surface area contributed by atoms with E-state index in [2.05, 4.69) is 15.3 Å². The number of benzene rings is 1. The van der Waals surface area contributed by atoms with Crippen LogP contribution >= 0.6 is 11.3 Å². The molecule has 7 nitrogen and oxygen atoms in total. The molecule has 1 aliphatic heterocycles. The Morgan fingerprint density at radius 1 is 1.23 bits per heavy atom. The summed E-state index contributed by atoms with van der Waals surface area (Å²) in [5.74, 6) is 1.21. The lowest BCUT2D eigenvalue weighted by atomic mass is 9.97. The van der Waals surface area contributed by atoms with Crippen LogP contribution in [0, 0.1) is 5.92 Å². The van der Waals surface area contributed by atoms with Gasteiger partial charge < -0.3 is 14.6 Å². The molecule has 30 heavy (non-hydrogen) atoms. The molecule has 2 amide bonds. The van der Waals surface area contributed by atoms with Crippen LogP contribution < -0.4 is 5.32 Å². The molecular weight excluding hydrogens is 400 g/mol. The molecule has 3 heterocycles. The van der Waals surface area contributed by atoms with Crippen LogP contribution in [0.25, 0.3) is 11.3 Å². The molecule has 1 saturated heterocycles. The average molecular weight is 425 g/mol. The minimum Gasteiger partial charge on any atom is -0.441 e. The van der Waals surface area contributed by atoms with Crippen molar-refractivity contribution in [3.8, 4) is 11.3 Å². The molecule has 1 atom stereocenters. The quantitative estimate of drug-likeness (QED) is 0.619. The van der Waals surface area contributed by atoms with Gasteiger partial charge in [0.2, 0.25) is 11.8 Å². The number of amides is 2. The lowest BCUT2D eigenvalue weighted by Crippen LogP contribution is -2.43. The summed E-state index contributed by atoms with van der Waals surface area (Å²) in [6, 6.07) is 9.83. The molecule has 8 heteroatoms. The number of likely N-dealkylation sites (tertiary alicyclic amines) is 1. The number of nitrogens with one attached hydrogen (secondary N) is 1. The summed E-state index contributed by atoms with van der Waals surface area (Å²) in [4.78, 5) is 35.3. The summed E-state index contributed by atoms with van der Waals surface area (Å²) in [5, 5.41) is 5.27. The standard InChI is InChI=1S/C22H24N4O3S/c27-20(10-4-9-19-24-14-18(29-19)16-6-2-1-3-7-16)26-12-5-8-17(15-26)21(28)25-22-23-11-13-30-22/h1-3,6-7,11,13-14,17H,4-5,8-10,12,15H2,(H,23,25,28). The number of rotatable bonds is 7. The number of piperidine rings is 1. The number of aromatic nitrogens is 2. The summed E-state index contributed by atoms with van der Waals surface area (Å²) >= 11 is 1.39. The van der Waals surface area contributed by atoms with E-state index in [0.29, 0.717) is 43.4 Å². The highest BCUT2D eigenvalue weighted by Crippen LogP contribution is 2.22. The average Bonchev–Trinajstić information content (AvgIpc) is 3.47. The molecule has 1 aromatic carbocycles. The zero-order chi connectivity index (χ0) is 20.8. The van der Waals surface area contributed by atoms with E-state index in [4.69, 9.17) is 4.42 Å². The van der Waals surface area contributed by atoms with E-state index in [1.807, 2.05) is 35.7 Å². The van der Waals surface area contributed by atoms with Crippen molar-refractivity contribution in [1.82, 2.24) is 14.9 Å². The Balaban J connectivity index is 1.24. The maximum atomic E-state index is 12.6. The van der Waals surface area contributed by atoms with Gasteiger partial charge in [-0.1, -0.05) is 30.3 Å². The monoisotopic (exact) mass is 424 g/mol. The Labute approximate surface area is 179 Å². The van der Waals surface area contributed by atoms with Gasteiger partial charge in [0, 0.05) is 43.1 Å². The van der Waals surface area contributed by atoms with Gasteiger partial charge in [-0.05, 0) is 19.3 Å². The number of hydrogen-bond donors (Lipinski definition) is 1. The molecule has 1 N–H and O–H groups in total. The second kappa shape index (κ2) is 9.67. The topological polar surface area (TPSA) is 88.3 Å². The van der Waals surface area contributed by atoms with Crippen LogP contribution in [0.3, 0.4) is 0 Å². The first-order chi connectivity index (χ1) is 14.7. The fourth-order valence-corrected chi connectivity index (χ4v) is 4.15. The van der Waals surface area contributed by atoms with Crippen LogP contribution in [-0.2, 0) is 16.0 Å². The van der Waals surface area contributed by atoms with E-state index < -0.39 is 0 Å². The summed E-state index contributed by atoms with van der Waals surface area (Å²) in [5.41, 5.74) is 0.989. The van der Waals surface area contributed by atoms with Gasteiger partial charge in [0.25, 0.3) is 0 Å². The van der Waals surface area contributed by atoms with Crippen LogP contribution in [-0.4, -0.2) is 39.8 Å². The summed E-state index contributed by atoms with van der Waals surface area (Å²) in [7, 11) is 0. The van der Waals surface area contributed by atoms with Crippen molar-refractivity contribution in [1.29, 1.82) is 0 Å². The van der Waals surface area contributed by atoms with Crippen LogP contribution in [0.1, 0.15) is 31.6 Å². The molecule has 1 fully saturated rings. The van der Waals surface area contributed by atoms with Crippen LogP contribution in [0.15, 0.2) is 52.5 Å². The van der Waals surface area contributed by atoms with Crippen molar-refractivity contribution < 1.29 is 14.0 Å².